The standard InChI is InChI=1S/C12H18BrN3O2/c1-3-12(14,4-2)7-16-10(17)8-5-9(13)11(18)15-6-8/h5-6H,3-4,7,14H2,1-2H3,(H,15,18)(H,16,17). The fourth-order valence-electron chi connectivity index (χ4n) is 1.45. The fourth-order valence-corrected chi connectivity index (χ4v) is 1.81. The van der Waals surface area contributed by atoms with Crippen LogP contribution >= 0.6 is 15.9 Å². The van der Waals surface area contributed by atoms with Gasteiger partial charge in [0.25, 0.3) is 11.5 Å². The summed E-state index contributed by atoms with van der Waals surface area (Å²) in [4.78, 5) is 25.5. The lowest BCUT2D eigenvalue weighted by Crippen LogP contribution is -2.49. The summed E-state index contributed by atoms with van der Waals surface area (Å²) in [5, 5.41) is 2.78. The Morgan fingerprint density at radius 1 is 1.50 bits per heavy atom. The number of halogens is 1. The van der Waals surface area contributed by atoms with Crippen molar-refractivity contribution < 1.29 is 4.79 Å². The van der Waals surface area contributed by atoms with E-state index in [2.05, 4.69) is 26.2 Å². The van der Waals surface area contributed by atoms with Gasteiger partial charge in [0.1, 0.15) is 0 Å². The molecule has 1 amide bonds. The fraction of sp³-hybridized carbons (Fsp3) is 0.500. The summed E-state index contributed by atoms with van der Waals surface area (Å²) < 4.78 is 0.333. The number of hydrogen-bond donors (Lipinski definition) is 3. The van der Waals surface area contributed by atoms with Crippen molar-refractivity contribution >= 4 is 21.8 Å². The maximum absolute atomic E-state index is 11.9. The van der Waals surface area contributed by atoms with Crippen molar-refractivity contribution in [1.29, 1.82) is 0 Å². The Balaban J connectivity index is 2.71. The summed E-state index contributed by atoms with van der Waals surface area (Å²) in [5.41, 5.74) is 5.85. The Bertz CT molecular complexity index is 480. The van der Waals surface area contributed by atoms with Crippen LogP contribution in [-0.2, 0) is 0 Å². The van der Waals surface area contributed by atoms with Crippen molar-refractivity contribution in [2.45, 2.75) is 32.2 Å². The molecule has 0 radical (unpaired) electrons. The predicted octanol–water partition coefficient (Wildman–Crippen LogP) is 1.38. The highest BCUT2D eigenvalue weighted by Crippen LogP contribution is 2.10. The lowest BCUT2D eigenvalue weighted by Gasteiger charge is -2.26. The third-order valence-corrected chi connectivity index (χ3v) is 3.72. The molecule has 1 aromatic heterocycles. The molecule has 4 N–H and O–H groups in total. The molecule has 100 valence electrons. The summed E-state index contributed by atoms with van der Waals surface area (Å²) in [6.45, 7) is 4.40. The molecule has 0 aliphatic rings. The van der Waals surface area contributed by atoms with Crippen LogP contribution < -0.4 is 16.6 Å². The van der Waals surface area contributed by atoms with Crippen LogP contribution in [0, 0.1) is 0 Å². The topological polar surface area (TPSA) is 88.0 Å². The first-order valence-corrected chi connectivity index (χ1v) is 6.66. The van der Waals surface area contributed by atoms with Crippen molar-refractivity contribution in [3.05, 3.63) is 32.7 Å². The molecule has 6 heteroatoms. The number of aromatic amines is 1. The summed E-state index contributed by atoms with van der Waals surface area (Å²) >= 11 is 3.08. The summed E-state index contributed by atoms with van der Waals surface area (Å²) in [7, 11) is 0. The van der Waals surface area contributed by atoms with E-state index in [4.69, 9.17) is 5.73 Å². The van der Waals surface area contributed by atoms with Crippen molar-refractivity contribution in [3.63, 3.8) is 0 Å². The second-order valence-corrected chi connectivity index (χ2v) is 5.17. The largest absolute Gasteiger partial charge is 0.350 e. The van der Waals surface area contributed by atoms with Gasteiger partial charge >= 0.3 is 0 Å². The molecule has 0 spiro atoms. The average Bonchev–Trinajstić information content (AvgIpc) is 2.38. The van der Waals surface area contributed by atoms with Gasteiger partial charge < -0.3 is 16.0 Å². The number of carbonyl (C=O) groups excluding carboxylic acids is 1. The number of hydrogen-bond acceptors (Lipinski definition) is 3. The SMILES string of the molecule is CCC(N)(CC)CNC(=O)c1c[nH]c(=O)c(Br)c1. The first kappa shape index (κ1) is 14.9. The van der Waals surface area contributed by atoms with E-state index in [1.807, 2.05) is 13.8 Å². The number of amides is 1. The third kappa shape index (κ3) is 3.68. The average molecular weight is 316 g/mol. The molecule has 18 heavy (non-hydrogen) atoms. The van der Waals surface area contributed by atoms with Crippen molar-refractivity contribution in [3.8, 4) is 0 Å². The lowest BCUT2D eigenvalue weighted by atomic mass is 9.94. The molecule has 0 atom stereocenters. The van der Waals surface area contributed by atoms with Gasteiger partial charge in [-0.1, -0.05) is 13.8 Å². The van der Waals surface area contributed by atoms with Crippen LogP contribution in [0.1, 0.15) is 37.0 Å². The van der Waals surface area contributed by atoms with Crippen LogP contribution in [-0.4, -0.2) is 23.0 Å². The number of carbonyl (C=O) groups is 1. The maximum Gasteiger partial charge on any atom is 0.262 e. The first-order chi connectivity index (χ1) is 8.41. The van der Waals surface area contributed by atoms with Gasteiger partial charge in [0.15, 0.2) is 0 Å². The Kier molecular flexibility index (Phi) is 5.10. The summed E-state index contributed by atoms with van der Waals surface area (Å²) in [5.74, 6) is -0.247. The van der Waals surface area contributed by atoms with Gasteiger partial charge in [-0.15, -0.1) is 0 Å². The molecule has 1 rings (SSSR count). The normalized spacial score (nSPS) is 11.3. The lowest BCUT2D eigenvalue weighted by molar-refractivity contribution is 0.0941. The van der Waals surface area contributed by atoms with Crippen molar-refractivity contribution in [2.24, 2.45) is 5.73 Å². The van der Waals surface area contributed by atoms with Crippen LogP contribution in [0.25, 0.3) is 0 Å². The molecule has 1 heterocycles. The van der Waals surface area contributed by atoms with Gasteiger partial charge in [0.05, 0.1) is 10.0 Å². The molecule has 0 fully saturated rings. The first-order valence-electron chi connectivity index (χ1n) is 5.87. The van der Waals surface area contributed by atoms with Gasteiger partial charge in [-0.2, -0.15) is 0 Å². The minimum absolute atomic E-state index is 0.247. The molecule has 0 unspecified atom stereocenters. The summed E-state index contributed by atoms with van der Waals surface area (Å²) in [6, 6.07) is 1.49. The third-order valence-electron chi connectivity index (χ3n) is 3.13. The number of pyridine rings is 1. The molecular formula is C12H18BrN3O2. The van der Waals surface area contributed by atoms with E-state index >= 15 is 0 Å². The zero-order chi connectivity index (χ0) is 13.8. The Hall–Kier alpha value is -1.14. The quantitative estimate of drug-likeness (QED) is 0.767. The number of rotatable bonds is 5. The molecule has 0 aromatic carbocycles. The van der Waals surface area contributed by atoms with Crippen molar-refractivity contribution in [1.82, 2.24) is 10.3 Å². The van der Waals surface area contributed by atoms with Crippen LogP contribution in [0.15, 0.2) is 21.5 Å². The monoisotopic (exact) mass is 315 g/mol. The van der Waals surface area contributed by atoms with E-state index < -0.39 is 0 Å². The van der Waals surface area contributed by atoms with Crippen LogP contribution in [0.5, 0.6) is 0 Å². The van der Waals surface area contributed by atoms with Gasteiger partial charge in [-0.3, -0.25) is 9.59 Å². The van der Waals surface area contributed by atoms with E-state index in [1.165, 1.54) is 12.3 Å². The molecule has 1 aromatic rings. The Morgan fingerprint density at radius 2 is 2.11 bits per heavy atom. The highest BCUT2D eigenvalue weighted by atomic mass is 79.9. The number of H-pyrrole nitrogens is 1. The molecule has 0 aliphatic carbocycles. The van der Waals surface area contributed by atoms with E-state index in [-0.39, 0.29) is 17.0 Å². The molecule has 0 saturated carbocycles. The van der Waals surface area contributed by atoms with E-state index in [9.17, 15) is 9.59 Å². The predicted molar refractivity (Wildman–Crippen MR) is 74.6 cm³/mol. The zero-order valence-electron chi connectivity index (χ0n) is 10.5. The van der Waals surface area contributed by atoms with Crippen LogP contribution in [0.2, 0.25) is 0 Å². The smallest absolute Gasteiger partial charge is 0.262 e. The van der Waals surface area contributed by atoms with Gasteiger partial charge in [0, 0.05) is 18.3 Å². The second-order valence-electron chi connectivity index (χ2n) is 4.32. The minimum Gasteiger partial charge on any atom is -0.350 e. The number of nitrogens with two attached hydrogens (primary N) is 1. The number of aromatic nitrogens is 1. The maximum atomic E-state index is 11.9. The van der Waals surface area contributed by atoms with Crippen LogP contribution in [0.4, 0.5) is 0 Å². The highest BCUT2D eigenvalue weighted by Gasteiger charge is 2.21. The molecule has 5 nitrogen and oxygen atoms in total. The Labute approximate surface area is 114 Å². The number of nitrogens with one attached hydrogen (secondary N) is 2. The van der Waals surface area contributed by atoms with E-state index in [0.29, 0.717) is 16.6 Å². The second kappa shape index (κ2) is 6.15. The van der Waals surface area contributed by atoms with Gasteiger partial charge in [0.2, 0.25) is 0 Å². The Morgan fingerprint density at radius 3 is 2.61 bits per heavy atom. The van der Waals surface area contributed by atoms with Gasteiger partial charge in [-0.25, -0.2) is 0 Å². The molecule has 0 bridgehead atoms. The van der Waals surface area contributed by atoms with Crippen molar-refractivity contribution in [2.75, 3.05) is 6.54 Å². The molecular weight excluding hydrogens is 298 g/mol. The summed E-state index contributed by atoms with van der Waals surface area (Å²) in [6.07, 6.45) is 2.97. The van der Waals surface area contributed by atoms with E-state index in [1.54, 1.807) is 0 Å². The zero-order valence-corrected chi connectivity index (χ0v) is 12.1. The van der Waals surface area contributed by atoms with Crippen LogP contribution in [0.3, 0.4) is 0 Å². The van der Waals surface area contributed by atoms with Gasteiger partial charge in [-0.05, 0) is 34.8 Å². The minimum atomic E-state index is -0.380. The van der Waals surface area contributed by atoms with E-state index in [0.717, 1.165) is 12.8 Å². The highest BCUT2D eigenvalue weighted by molar-refractivity contribution is 9.10. The molecule has 0 saturated heterocycles. The molecule has 0 aliphatic heterocycles.